The van der Waals surface area contributed by atoms with Crippen molar-refractivity contribution >= 4 is 21.6 Å². The first kappa shape index (κ1) is 17.3. The number of aromatic nitrogens is 2. The first-order chi connectivity index (χ1) is 12.4. The second kappa shape index (κ2) is 6.54. The molecule has 4 rings (SSSR count). The molecule has 1 N–H and O–H groups in total. The molecule has 2 atom stereocenters. The highest BCUT2D eigenvalue weighted by atomic mass is 32.2. The number of rotatable bonds is 3. The molecule has 1 aromatic carbocycles. The molecule has 0 spiro atoms. The molecule has 26 heavy (non-hydrogen) atoms. The third-order valence-electron chi connectivity index (χ3n) is 5.46. The molecule has 1 amide bonds. The van der Waals surface area contributed by atoms with Crippen LogP contribution in [0.5, 0.6) is 0 Å². The Bertz CT molecular complexity index is 949. The Kier molecular flexibility index (Phi) is 4.34. The molecule has 1 aliphatic heterocycles. The molecule has 2 aliphatic rings. The maximum Gasteiger partial charge on any atom is 0.229 e. The molecule has 1 saturated heterocycles. The van der Waals surface area contributed by atoms with Gasteiger partial charge >= 0.3 is 0 Å². The Morgan fingerprint density at radius 1 is 1.27 bits per heavy atom. The topological polar surface area (TPSA) is 81.1 Å². The molecule has 2 aromatic rings. The van der Waals surface area contributed by atoms with Gasteiger partial charge in [0.2, 0.25) is 5.91 Å². The van der Waals surface area contributed by atoms with Gasteiger partial charge in [0.05, 0.1) is 29.7 Å². The molecule has 1 aliphatic carbocycles. The van der Waals surface area contributed by atoms with Crippen LogP contribution in [0, 0.1) is 12.8 Å². The lowest BCUT2D eigenvalue weighted by Gasteiger charge is -2.27. The monoisotopic (exact) mass is 373 g/mol. The lowest BCUT2D eigenvalue weighted by atomic mass is 9.88. The summed E-state index contributed by atoms with van der Waals surface area (Å²) in [5, 5.41) is 7.49. The van der Waals surface area contributed by atoms with Crippen molar-refractivity contribution in [3.63, 3.8) is 0 Å². The molecular formula is C19H23N3O3S. The summed E-state index contributed by atoms with van der Waals surface area (Å²) in [4.78, 5) is 12.6. The normalized spacial score (nSPS) is 24.2. The summed E-state index contributed by atoms with van der Waals surface area (Å²) < 4.78 is 25.2. The van der Waals surface area contributed by atoms with Crippen molar-refractivity contribution in [1.29, 1.82) is 0 Å². The Balaban J connectivity index is 1.62. The Morgan fingerprint density at radius 2 is 2.08 bits per heavy atom. The van der Waals surface area contributed by atoms with E-state index in [9.17, 15) is 13.2 Å². The largest absolute Gasteiger partial charge is 0.310 e. The number of carbonyl (C=O) groups is 1. The van der Waals surface area contributed by atoms with Gasteiger partial charge in [-0.05, 0) is 43.7 Å². The number of anilines is 1. The molecule has 2 unspecified atom stereocenters. The summed E-state index contributed by atoms with van der Waals surface area (Å²) in [5.74, 6) is 0.0276. The number of carbonyl (C=O) groups excluding carboxylic acids is 1. The summed E-state index contributed by atoms with van der Waals surface area (Å²) in [6.07, 6.45) is 5.27. The van der Waals surface area contributed by atoms with Crippen LogP contribution in [-0.2, 0) is 21.1 Å². The van der Waals surface area contributed by atoms with Gasteiger partial charge in [-0.3, -0.25) is 4.79 Å². The molecule has 138 valence electrons. The van der Waals surface area contributed by atoms with Gasteiger partial charge in [-0.15, -0.1) is 0 Å². The number of sulfone groups is 1. The quantitative estimate of drug-likeness (QED) is 0.896. The number of hydrogen-bond acceptors (Lipinski definition) is 4. The van der Waals surface area contributed by atoms with Crippen LogP contribution in [0.1, 0.15) is 42.0 Å². The zero-order chi connectivity index (χ0) is 18.3. The summed E-state index contributed by atoms with van der Waals surface area (Å²) >= 11 is 0. The molecule has 0 radical (unpaired) electrons. The number of fused-ring (bicyclic) bond motifs is 1. The van der Waals surface area contributed by atoms with Crippen molar-refractivity contribution in [1.82, 2.24) is 9.78 Å². The highest BCUT2D eigenvalue weighted by Crippen LogP contribution is 2.35. The van der Waals surface area contributed by atoms with Crippen LogP contribution in [0.3, 0.4) is 0 Å². The fourth-order valence-electron chi connectivity index (χ4n) is 4.04. The lowest BCUT2D eigenvalue weighted by molar-refractivity contribution is -0.119. The SMILES string of the molecule is Cc1cnn(C2CCCc3ccccc32)c1NC(=O)C1CCS(=O)(=O)C1. The number of nitrogens with one attached hydrogen (secondary N) is 1. The van der Waals surface area contributed by atoms with Crippen molar-refractivity contribution < 1.29 is 13.2 Å². The summed E-state index contributed by atoms with van der Waals surface area (Å²) in [5.41, 5.74) is 3.47. The number of amides is 1. The molecule has 2 heterocycles. The molecule has 7 heteroatoms. The molecule has 6 nitrogen and oxygen atoms in total. The Labute approximate surface area is 153 Å². The van der Waals surface area contributed by atoms with Gasteiger partial charge in [-0.2, -0.15) is 5.10 Å². The molecule has 1 aromatic heterocycles. The van der Waals surface area contributed by atoms with Crippen LogP contribution in [0.2, 0.25) is 0 Å². The summed E-state index contributed by atoms with van der Waals surface area (Å²) in [6.45, 7) is 1.92. The van der Waals surface area contributed by atoms with Gasteiger partial charge < -0.3 is 5.32 Å². The average Bonchev–Trinajstić information content (AvgIpc) is 3.17. The predicted molar refractivity (Wildman–Crippen MR) is 99.9 cm³/mol. The van der Waals surface area contributed by atoms with E-state index in [1.807, 2.05) is 17.7 Å². The fraction of sp³-hybridized carbons (Fsp3) is 0.474. The Morgan fingerprint density at radius 3 is 2.85 bits per heavy atom. The maximum atomic E-state index is 12.6. The zero-order valence-corrected chi connectivity index (χ0v) is 15.6. The van der Waals surface area contributed by atoms with E-state index in [2.05, 4.69) is 28.6 Å². The zero-order valence-electron chi connectivity index (χ0n) is 14.8. The molecule has 0 saturated carbocycles. The van der Waals surface area contributed by atoms with Crippen LogP contribution in [-0.4, -0.2) is 35.6 Å². The highest BCUT2D eigenvalue weighted by molar-refractivity contribution is 7.91. The minimum atomic E-state index is -3.08. The number of aryl methyl sites for hydroxylation is 2. The van der Waals surface area contributed by atoms with Gasteiger partial charge in [0.25, 0.3) is 0 Å². The Hall–Kier alpha value is -2.15. The minimum Gasteiger partial charge on any atom is -0.310 e. The van der Waals surface area contributed by atoms with E-state index in [4.69, 9.17) is 0 Å². The standard InChI is InChI=1S/C19H23N3O3S/c1-13-11-20-22(17-8-4-6-14-5-2-3-7-16(14)17)18(13)21-19(23)15-9-10-26(24,25)12-15/h2-3,5,7,11,15,17H,4,6,8-10,12H2,1H3,(H,21,23). The van der Waals surface area contributed by atoms with Gasteiger partial charge in [-0.25, -0.2) is 13.1 Å². The highest BCUT2D eigenvalue weighted by Gasteiger charge is 2.34. The molecular weight excluding hydrogens is 350 g/mol. The number of nitrogens with zero attached hydrogens (tertiary/aromatic N) is 2. The second-order valence-electron chi connectivity index (χ2n) is 7.32. The van der Waals surface area contributed by atoms with E-state index >= 15 is 0 Å². The van der Waals surface area contributed by atoms with E-state index in [0.717, 1.165) is 24.8 Å². The van der Waals surface area contributed by atoms with Crippen LogP contribution >= 0.6 is 0 Å². The van der Waals surface area contributed by atoms with Crippen LogP contribution in [0.4, 0.5) is 5.82 Å². The fourth-order valence-corrected chi connectivity index (χ4v) is 5.78. The maximum absolute atomic E-state index is 12.6. The van der Waals surface area contributed by atoms with Crippen molar-refractivity contribution in [2.24, 2.45) is 5.92 Å². The van der Waals surface area contributed by atoms with E-state index in [1.165, 1.54) is 11.1 Å². The molecule has 0 bridgehead atoms. The first-order valence-corrected chi connectivity index (χ1v) is 10.9. The van der Waals surface area contributed by atoms with Crippen molar-refractivity contribution in [3.05, 3.63) is 47.2 Å². The minimum absolute atomic E-state index is 0.0573. The molecule has 1 fully saturated rings. The van der Waals surface area contributed by atoms with E-state index in [0.29, 0.717) is 12.2 Å². The van der Waals surface area contributed by atoms with Crippen LogP contribution in [0.15, 0.2) is 30.5 Å². The van der Waals surface area contributed by atoms with Crippen molar-refractivity contribution in [2.45, 2.75) is 38.6 Å². The van der Waals surface area contributed by atoms with Crippen molar-refractivity contribution in [2.75, 3.05) is 16.8 Å². The third kappa shape index (κ3) is 3.16. The van der Waals surface area contributed by atoms with Gasteiger partial charge in [-0.1, -0.05) is 24.3 Å². The van der Waals surface area contributed by atoms with Gasteiger partial charge in [0, 0.05) is 5.56 Å². The van der Waals surface area contributed by atoms with Gasteiger partial charge in [0.1, 0.15) is 5.82 Å². The summed E-state index contributed by atoms with van der Waals surface area (Å²) in [7, 11) is -3.08. The third-order valence-corrected chi connectivity index (χ3v) is 7.22. The first-order valence-electron chi connectivity index (χ1n) is 9.08. The smallest absolute Gasteiger partial charge is 0.229 e. The van der Waals surface area contributed by atoms with E-state index in [1.54, 1.807) is 6.20 Å². The van der Waals surface area contributed by atoms with Crippen LogP contribution in [0.25, 0.3) is 0 Å². The van der Waals surface area contributed by atoms with E-state index in [-0.39, 0.29) is 23.5 Å². The van der Waals surface area contributed by atoms with Gasteiger partial charge in [0.15, 0.2) is 9.84 Å². The number of hydrogen-bond donors (Lipinski definition) is 1. The van der Waals surface area contributed by atoms with Crippen molar-refractivity contribution in [3.8, 4) is 0 Å². The van der Waals surface area contributed by atoms with E-state index < -0.39 is 15.8 Å². The van der Waals surface area contributed by atoms with Crippen LogP contribution < -0.4 is 5.32 Å². The average molecular weight is 373 g/mol. The second-order valence-corrected chi connectivity index (χ2v) is 9.55. The summed E-state index contributed by atoms with van der Waals surface area (Å²) in [6, 6.07) is 8.47. The predicted octanol–water partition coefficient (Wildman–Crippen LogP) is 2.49. The lowest BCUT2D eigenvalue weighted by Crippen LogP contribution is -2.27. The number of benzene rings is 1.